The highest BCUT2D eigenvalue weighted by atomic mass is 16.5. The Hall–Kier alpha value is -1.02. The van der Waals surface area contributed by atoms with Crippen LogP contribution >= 0.6 is 0 Å². The number of rotatable bonds is 9. The van der Waals surface area contributed by atoms with E-state index in [1.807, 2.05) is 30.3 Å². The molecule has 0 amide bonds. The summed E-state index contributed by atoms with van der Waals surface area (Å²) in [5, 5.41) is 3.58. The normalized spacial score (nSPS) is 14.2. The third-order valence-corrected chi connectivity index (χ3v) is 3.45. The fourth-order valence-corrected chi connectivity index (χ4v) is 2.19. The lowest BCUT2D eigenvalue weighted by Gasteiger charge is -2.23. The molecule has 18 heavy (non-hydrogen) atoms. The van der Waals surface area contributed by atoms with Crippen molar-refractivity contribution in [3.8, 4) is 5.75 Å². The van der Waals surface area contributed by atoms with Gasteiger partial charge in [0.05, 0.1) is 6.61 Å². The van der Waals surface area contributed by atoms with E-state index in [1.165, 1.54) is 12.8 Å². The number of nitrogens with one attached hydrogen (secondary N) is 1. The van der Waals surface area contributed by atoms with Crippen molar-refractivity contribution in [3.05, 3.63) is 30.3 Å². The smallest absolute Gasteiger partial charge is 0.119 e. The van der Waals surface area contributed by atoms with Crippen molar-refractivity contribution in [3.63, 3.8) is 0 Å². The van der Waals surface area contributed by atoms with Crippen molar-refractivity contribution in [1.82, 2.24) is 5.32 Å². The van der Waals surface area contributed by atoms with Crippen LogP contribution in [0, 0.1) is 5.92 Å². The Kier molecular flexibility index (Phi) is 7.51. The molecule has 0 spiro atoms. The molecule has 2 atom stereocenters. The van der Waals surface area contributed by atoms with Crippen LogP contribution in [0.3, 0.4) is 0 Å². The largest absolute Gasteiger partial charge is 0.494 e. The maximum atomic E-state index is 5.77. The van der Waals surface area contributed by atoms with E-state index < -0.39 is 0 Å². The lowest BCUT2D eigenvalue weighted by Crippen LogP contribution is -2.34. The van der Waals surface area contributed by atoms with Crippen LogP contribution in [-0.4, -0.2) is 19.2 Å². The molecule has 0 heterocycles. The summed E-state index contributed by atoms with van der Waals surface area (Å²) >= 11 is 0. The van der Waals surface area contributed by atoms with E-state index in [2.05, 4.69) is 26.1 Å². The molecule has 1 N–H and O–H groups in total. The second kappa shape index (κ2) is 8.98. The second-order valence-electron chi connectivity index (χ2n) is 4.86. The fraction of sp³-hybridized carbons (Fsp3) is 0.625. The zero-order valence-electron chi connectivity index (χ0n) is 12.0. The number of hydrogen-bond donors (Lipinski definition) is 1. The predicted molar refractivity (Wildman–Crippen MR) is 78.1 cm³/mol. The highest BCUT2D eigenvalue weighted by molar-refractivity contribution is 5.20. The molecule has 0 aromatic heterocycles. The van der Waals surface area contributed by atoms with E-state index >= 15 is 0 Å². The first-order valence-corrected chi connectivity index (χ1v) is 7.19. The van der Waals surface area contributed by atoms with Crippen LogP contribution in [0.25, 0.3) is 0 Å². The van der Waals surface area contributed by atoms with Gasteiger partial charge in [0.15, 0.2) is 0 Å². The number of ether oxygens (including phenoxy) is 1. The van der Waals surface area contributed by atoms with Gasteiger partial charge in [-0.2, -0.15) is 0 Å². The summed E-state index contributed by atoms with van der Waals surface area (Å²) in [5.41, 5.74) is 0. The van der Waals surface area contributed by atoms with Crippen LogP contribution < -0.4 is 10.1 Å². The van der Waals surface area contributed by atoms with Gasteiger partial charge in [-0.05, 0) is 44.4 Å². The molecule has 2 nitrogen and oxygen atoms in total. The standard InChI is InChI=1S/C16H27NO/c1-4-12-17-14(3)15(5-2)11-13-18-16-9-7-6-8-10-16/h6-10,14-15,17H,4-5,11-13H2,1-3H3. The molecular weight excluding hydrogens is 222 g/mol. The van der Waals surface area contributed by atoms with Crippen LogP contribution in [-0.2, 0) is 0 Å². The summed E-state index contributed by atoms with van der Waals surface area (Å²) in [6, 6.07) is 10.6. The first-order chi connectivity index (χ1) is 8.77. The molecule has 2 unspecified atom stereocenters. The van der Waals surface area contributed by atoms with Gasteiger partial charge in [0.25, 0.3) is 0 Å². The van der Waals surface area contributed by atoms with E-state index in [0.29, 0.717) is 12.0 Å². The van der Waals surface area contributed by atoms with Crippen LogP contribution in [0.5, 0.6) is 5.75 Å². The molecule has 0 aliphatic carbocycles. The Morgan fingerprint density at radius 3 is 2.50 bits per heavy atom. The maximum Gasteiger partial charge on any atom is 0.119 e. The van der Waals surface area contributed by atoms with E-state index in [1.54, 1.807) is 0 Å². The zero-order chi connectivity index (χ0) is 13.2. The average molecular weight is 249 g/mol. The van der Waals surface area contributed by atoms with E-state index in [-0.39, 0.29) is 0 Å². The van der Waals surface area contributed by atoms with Gasteiger partial charge in [-0.3, -0.25) is 0 Å². The molecule has 0 fully saturated rings. The van der Waals surface area contributed by atoms with E-state index in [0.717, 1.165) is 25.3 Å². The Morgan fingerprint density at radius 1 is 1.17 bits per heavy atom. The zero-order valence-corrected chi connectivity index (χ0v) is 12.0. The minimum absolute atomic E-state index is 0.578. The SMILES string of the molecule is CCCNC(C)C(CC)CCOc1ccccc1. The minimum atomic E-state index is 0.578. The van der Waals surface area contributed by atoms with Crippen molar-refractivity contribution in [2.24, 2.45) is 5.92 Å². The maximum absolute atomic E-state index is 5.77. The van der Waals surface area contributed by atoms with Crippen molar-refractivity contribution in [1.29, 1.82) is 0 Å². The summed E-state index contributed by atoms with van der Waals surface area (Å²) in [5.74, 6) is 1.67. The van der Waals surface area contributed by atoms with Gasteiger partial charge in [0.1, 0.15) is 5.75 Å². The molecule has 2 heteroatoms. The van der Waals surface area contributed by atoms with Crippen LogP contribution in [0.15, 0.2) is 30.3 Å². The minimum Gasteiger partial charge on any atom is -0.494 e. The Labute approximate surface area is 112 Å². The second-order valence-corrected chi connectivity index (χ2v) is 4.86. The summed E-state index contributed by atoms with van der Waals surface area (Å²) in [7, 11) is 0. The molecule has 0 saturated carbocycles. The Morgan fingerprint density at radius 2 is 1.89 bits per heavy atom. The number of para-hydroxylation sites is 1. The topological polar surface area (TPSA) is 21.3 Å². The van der Waals surface area contributed by atoms with Crippen molar-refractivity contribution in [2.75, 3.05) is 13.2 Å². The molecule has 1 aromatic rings. The highest BCUT2D eigenvalue weighted by Gasteiger charge is 2.14. The van der Waals surface area contributed by atoms with Gasteiger partial charge in [-0.15, -0.1) is 0 Å². The van der Waals surface area contributed by atoms with Crippen molar-refractivity contribution < 1.29 is 4.74 Å². The lowest BCUT2D eigenvalue weighted by atomic mass is 9.95. The third-order valence-electron chi connectivity index (χ3n) is 3.45. The first kappa shape index (κ1) is 15.0. The number of benzene rings is 1. The quantitative estimate of drug-likeness (QED) is 0.717. The number of hydrogen-bond acceptors (Lipinski definition) is 2. The van der Waals surface area contributed by atoms with Gasteiger partial charge in [-0.25, -0.2) is 0 Å². The monoisotopic (exact) mass is 249 g/mol. The molecule has 0 radical (unpaired) electrons. The molecule has 102 valence electrons. The van der Waals surface area contributed by atoms with Gasteiger partial charge >= 0.3 is 0 Å². The van der Waals surface area contributed by atoms with E-state index in [9.17, 15) is 0 Å². The van der Waals surface area contributed by atoms with Gasteiger partial charge in [0, 0.05) is 6.04 Å². The molecule has 0 saturated heterocycles. The summed E-state index contributed by atoms with van der Waals surface area (Å²) in [6.45, 7) is 8.67. The van der Waals surface area contributed by atoms with Crippen LogP contribution in [0.2, 0.25) is 0 Å². The summed E-state index contributed by atoms with van der Waals surface area (Å²) in [4.78, 5) is 0. The van der Waals surface area contributed by atoms with Gasteiger partial charge in [0.2, 0.25) is 0 Å². The molecule has 1 aromatic carbocycles. The summed E-state index contributed by atoms with van der Waals surface area (Å²) in [6.07, 6.45) is 3.51. The lowest BCUT2D eigenvalue weighted by molar-refractivity contribution is 0.247. The van der Waals surface area contributed by atoms with Gasteiger partial charge < -0.3 is 10.1 Å². The van der Waals surface area contributed by atoms with Gasteiger partial charge in [-0.1, -0.05) is 38.5 Å². The average Bonchev–Trinajstić information content (AvgIpc) is 2.42. The molecular formula is C16H27NO. The summed E-state index contributed by atoms with van der Waals surface area (Å²) < 4.78 is 5.77. The molecule has 0 aliphatic heterocycles. The Bertz CT molecular complexity index is 299. The molecule has 0 aliphatic rings. The first-order valence-electron chi connectivity index (χ1n) is 7.19. The third kappa shape index (κ3) is 5.54. The Balaban J connectivity index is 2.26. The fourth-order valence-electron chi connectivity index (χ4n) is 2.19. The predicted octanol–water partition coefficient (Wildman–Crippen LogP) is 3.87. The van der Waals surface area contributed by atoms with Crippen molar-refractivity contribution in [2.45, 2.75) is 46.1 Å². The van der Waals surface area contributed by atoms with E-state index in [4.69, 9.17) is 4.74 Å². The van der Waals surface area contributed by atoms with Crippen LogP contribution in [0.4, 0.5) is 0 Å². The van der Waals surface area contributed by atoms with Crippen LogP contribution in [0.1, 0.15) is 40.0 Å². The highest BCUT2D eigenvalue weighted by Crippen LogP contribution is 2.15. The molecule has 1 rings (SSSR count). The van der Waals surface area contributed by atoms with Crippen molar-refractivity contribution >= 4 is 0 Å². The molecule has 0 bridgehead atoms.